The van der Waals surface area contributed by atoms with Crippen molar-refractivity contribution in [1.82, 2.24) is 15.7 Å². The maximum Gasteiger partial charge on any atom is 0.251 e. The molecule has 1 heterocycles. The molecule has 300 valence electrons. The number of nitrogens with zero attached hydrogens (tertiary/aromatic N) is 3. The van der Waals surface area contributed by atoms with Gasteiger partial charge in [0.2, 0.25) is 5.91 Å². The topological polar surface area (TPSA) is 127 Å². The molecule has 3 aromatic carbocycles. The van der Waals surface area contributed by atoms with Gasteiger partial charge in [0.05, 0.1) is 26.4 Å². The summed E-state index contributed by atoms with van der Waals surface area (Å²) in [5, 5.41) is 29.3. The summed E-state index contributed by atoms with van der Waals surface area (Å²) in [4.78, 5) is 38.1. The Kier molecular flexibility index (Phi) is 13.6. The highest BCUT2D eigenvalue weighted by atomic mass is 16.7. The van der Waals surface area contributed by atoms with Crippen LogP contribution < -0.4 is 25.2 Å². The van der Waals surface area contributed by atoms with Gasteiger partial charge in [0, 0.05) is 74.8 Å². The highest BCUT2D eigenvalue weighted by Gasteiger charge is 2.50. The molecule has 2 amide bonds. The molecule has 5 rings (SSSR count). The van der Waals surface area contributed by atoms with Crippen LogP contribution in [-0.4, -0.2) is 99.8 Å². The summed E-state index contributed by atoms with van der Waals surface area (Å²) in [7, 11) is 9.50. The standard InChI is InChI=1S/C44H63N5O6/c1-27-24-44(4,5)28(2)20-37(27)46-43(53)40-39(29(3)51)38(26-50)55-49(40)25-31-12-11-13-36(41(31)54-10)32-21-33(23-35(22-32)48(8)9)42(52)45-19-18-30-14-16-34(17-15-30)47(6)7/h11-17,21-23,27-29,37-40,50-51H,18-20,24-26H2,1-10H3,(H,45,52)(H,46,53)/t27-,28+,29-,37-,38-,39+,40-/m0/s1. The average Bonchev–Trinajstić information content (AvgIpc) is 3.52. The Morgan fingerprint density at radius 2 is 1.71 bits per heavy atom. The second-order valence-corrected chi connectivity index (χ2v) is 16.8. The number of methoxy groups -OCH3 is 1. The number of ether oxygens (including phenoxy) is 1. The number of hydrogen-bond acceptors (Lipinski definition) is 9. The van der Waals surface area contributed by atoms with Crippen molar-refractivity contribution in [2.75, 3.05) is 58.3 Å². The number of anilines is 2. The SMILES string of the molecule is COc1c(CN2O[C@@H](CO)[C@@H]([C@H](C)O)[C@H]2C(=O)N[C@H]2C[C@@H](C)C(C)(C)C[C@@H]2C)cccc1-c1cc(C(=O)NCCc2ccc(N(C)C)cc2)cc(N(C)C)c1. The zero-order valence-electron chi connectivity index (χ0n) is 34.4. The number of nitrogens with one attached hydrogen (secondary N) is 2. The molecule has 0 spiro atoms. The summed E-state index contributed by atoms with van der Waals surface area (Å²) in [6, 6.07) is 19.0. The largest absolute Gasteiger partial charge is 0.496 e. The van der Waals surface area contributed by atoms with Crippen molar-refractivity contribution in [3.63, 3.8) is 0 Å². The van der Waals surface area contributed by atoms with Gasteiger partial charge in [0.25, 0.3) is 5.91 Å². The number of hydrogen-bond donors (Lipinski definition) is 4. The third kappa shape index (κ3) is 9.63. The number of aliphatic hydroxyl groups excluding tert-OH is 2. The Labute approximate surface area is 327 Å². The van der Waals surface area contributed by atoms with Gasteiger partial charge in [-0.25, -0.2) is 0 Å². The summed E-state index contributed by atoms with van der Waals surface area (Å²) >= 11 is 0. The van der Waals surface area contributed by atoms with E-state index < -0.39 is 24.2 Å². The fourth-order valence-corrected chi connectivity index (χ4v) is 8.34. The Morgan fingerprint density at radius 1 is 1.02 bits per heavy atom. The summed E-state index contributed by atoms with van der Waals surface area (Å²) in [6.45, 7) is 11.0. The minimum atomic E-state index is -0.908. The fourth-order valence-electron chi connectivity index (χ4n) is 8.34. The lowest BCUT2D eigenvalue weighted by atomic mass is 9.64. The van der Waals surface area contributed by atoms with Crippen molar-refractivity contribution in [3.05, 3.63) is 77.4 Å². The molecule has 0 radical (unpaired) electrons. The predicted molar refractivity (Wildman–Crippen MR) is 219 cm³/mol. The number of hydroxylamine groups is 2. The van der Waals surface area contributed by atoms with Gasteiger partial charge in [-0.05, 0) is 84.9 Å². The maximum absolute atomic E-state index is 14.2. The lowest BCUT2D eigenvalue weighted by Gasteiger charge is -2.45. The van der Waals surface area contributed by atoms with Crippen LogP contribution in [0, 0.1) is 23.2 Å². The third-order valence-electron chi connectivity index (χ3n) is 12.0. The quantitative estimate of drug-likeness (QED) is 0.168. The van der Waals surface area contributed by atoms with E-state index in [1.54, 1.807) is 19.1 Å². The normalized spacial score (nSPS) is 24.2. The minimum absolute atomic E-state index is 0.0111. The van der Waals surface area contributed by atoms with Crippen molar-refractivity contribution >= 4 is 23.2 Å². The molecule has 0 bridgehead atoms. The molecule has 1 aliphatic heterocycles. The number of benzene rings is 3. The van der Waals surface area contributed by atoms with Crippen molar-refractivity contribution in [3.8, 4) is 16.9 Å². The van der Waals surface area contributed by atoms with E-state index in [4.69, 9.17) is 9.57 Å². The van der Waals surface area contributed by atoms with Crippen LogP contribution in [0.5, 0.6) is 5.75 Å². The highest BCUT2D eigenvalue weighted by Crippen LogP contribution is 2.44. The van der Waals surface area contributed by atoms with Crippen LogP contribution in [0.2, 0.25) is 0 Å². The first-order valence-corrected chi connectivity index (χ1v) is 19.6. The monoisotopic (exact) mass is 757 g/mol. The Balaban J connectivity index is 1.40. The molecular weight excluding hydrogens is 695 g/mol. The number of carbonyl (C=O) groups excluding carboxylic acids is 2. The Hall–Kier alpha value is -4.16. The summed E-state index contributed by atoms with van der Waals surface area (Å²) in [5.74, 6) is 0.244. The first-order valence-electron chi connectivity index (χ1n) is 19.6. The van der Waals surface area contributed by atoms with Crippen molar-refractivity contribution in [1.29, 1.82) is 0 Å². The van der Waals surface area contributed by atoms with E-state index in [0.29, 0.717) is 30.2 Å². The first kappa shape index (κ1) is 42.0. The van der Waals surface area contributed by atoms with E-state index in [1.807, 2.05) is 69.5 Å². The van der Waals surface area contributed by atoms with Crippen molar-refractivity contribution in [2.24, 2.45) is 23.2 Å². The maximum atomic E-state index is 14.2. The van der Waals surface area contributed by atoms with Gasteiger partial charge in [-0.2, -0.15) is 5.06 Å². The molecule has 0 unspecified atom stereocenters. The molecule has 11 heteroatoms. The lowest BCUT2D eigenvalue weighted by molar-refractivity contribution is -0.182. The Morgan fingerprint density at radius 3 is 2.33 bits per heavy atom. The van der Waals surface area contributed by atoms with Gasteiger partial charge in [0.1, 0.15) is 17.9 Å². The molecule has 1 aliphatic carbocycles. The van der Waals surface area contributed by atoms with E-state index in [2.05, 4.69) is 67.5 Å². The average molecular weight is 758 g/mol. The molecule has 3 aromatic rings. The number of amides is 2. The molecule has 0 aromatic heterocycles. The molecular formula is C44H63N5O6. The minimum Gasteiger partial charge on any atom is -0.496 e. The summed E-state index contributed by atoms with van der Waals surface area (Å²) in [6.07, 6.45) is 0.897. The summed E-state index contributed by atoms with van der Waals surface area (Å²) < 4.78 is 6.07. The van der Waals surface area contributed by atoms with Crippen LogP contribution >= 0.6 is 0 Å². The van der Waals surface area contributed by atoms with Crippen LogP contribution in [0.25, 0.3) is 11.1 Å². The highest BCUT2D eigenvalue weighted by molar-refractivity contribution is 5.97. The van der Waals surface area contributed by atoms with E-state index in [9.17, 15) is 19.8 Å². The zero-order chi connectivity index (χ0) is 40.2. The smallest absolute Gasteiger partial charge is 0.251 e. The predicted octanol–water partition coefficient (Wildman–Crippen LogP) is 5.52. The molecule has 2 aliphatic rings. The molecule has 4 N–H and O–H groups in total. The van der Waals surface area contributed by atoms with Crippen LogP contribution in [0.3, 0.4) is 0 Å². The van der Waals surface area contributed by atoms with E-state index in [0.717, 1.165) is 46.5 Å². The molecule has 1 saturated carbocycles. The van der Waals surface area contributed by atoms with Gasteiger partial charge in [-0.1, -0.05) is 58.0 Å². The number of para-hydroxylation sites is 1. The molecule has 55 heavy (non-hydrogen) atoms. The zero-order valence-corrected chi connectivity index (χ0v) is 34.4. The van der Waals surface area contributed by atoms with E-state index in [1.165, 1.54) is 0 Å². The molecule has 2 fully saturated rings. The number of rotatable bonds is 14. The van der Waals surface area contributed by atoms with Crippen LogP contribution in [-0.2, 0) is 22.6 Å². The first-order chi connectivity index (χ1) is 26.0. The van der Waals surface area contributed by atoms with Gasteiger partial charge in [-0.15, -0.1) is 0 Å². The van der Waals surface area contributed by atoms with Crippen LogP contribution in [0.15, 0.2) is 60.7 Å². The second-order valence-electron chi connectivity index (χ2n) is 16.8. The van der Waals surface area contributed by atoms with Crippen molar-refractivity contribution < 1.29 is 29.4 Å². The number of aliphatic hydroxyl groups is 2. The van der Waals surface area contributed by atoms with Crippen LogP contribution in [0.4, 0.5) is 11.4 Å². The molecule has 1 saturated heterocycles. The van der Waals surface area contributed by atoms with Gasteiger partial charge < -0.3 is 35.4 Å². The lowest BCUT2D eigenvalue weighted by Crippen LogP contribution is -2.55. The Bertz CT molecular complexity index is 1780. The summed E-state index contributed by atoms with van der Waals surface area (Å²) in [5.41, 5.74) is 6.16. The van der Waals surface area contributed by atoms with E-state index >= 15 is 0 Å². The fraction of sp³-hybridized carbons (Fsp3) is 0.545. The third-order valence-corrected chi connectivity index (χ3v) is 12.0. The number of carbonyl (C=O) groups is 2. The van der Waals surface area contributed by atoms with Gasteiger partial charge in [0.15, 0.2) is 0 Å². The van der Waals surface area contributed by atoms with Gasteiger partial charge in [-0.3, -0.25) is 14.4 Å². The molecule has 11 nitrogen and oxygen atoms in total. The molecule has 7 atom stereocenters. The second kappa shape index (κ2) is 17.7. The van der Waals surface area contributed by atoms with Crippen LogP contribution in [0.1, 0.15) is 68.9 Å². The van der Waals surface area contributed by atoms with Gasteiger partial charge >= 0.3 is 0 Å². The van der Waals surface area contributed by atoms with E-state index in [-0.39, 0.29) is 42.3 Å². The van der Waals surface area contributed by atoms with Crippen molar-refractivity contribution in [2.45, 2.75) is 84.7 Å².